The third-order valence-electron chi connectivity index (χ3n) is 1.12. The first-order valence-corrected chi connectivity index (χ1v) is 7.51. The predicted molar refractivity (Wildman–Crippen MR) is 48.7 cm³/mol. The second-order valence-corrected chi connectivity index (χ2v) is 7.26. The fourth-order valence-corrected chi connectivity index (χ4v) is 4.58. The Morgan fingerprint density at radius 1 is 1.31 bits per heavy atom. The van der Waals surface area contributed by atoms with Gasteiger partial charge in [-0.3, -0.25) is 0 Å². The highest BCUT2D eigenvalue weighted by molar-refractivity contribution is 8.15. The zero-order chi connectivity index (χ0) is 10.3. The first-order valence-electron chi connectivity index (χ1n) is 2.78. The largest absolute Gasteiger partial charge is 0.272 e. The van der Waals surface area contributed by atoms with Gasteiger partial charge in [-0.05, 0) is 11.4 Å². The summed E-state index contributed by atoms with van der Waals surface area (Å²) in [6, 6.07) is 1.09. The van der Waals surface area contributed by atoms with Crippen LogP contribution in [0.1, 0.15) is 0 Å². The quantitative estimate of drug-likeness (QED) is 0.776. The number of thiophene rings is 1. The fourth-order valence-electron chi connectivity index (χ4n) is 0.672. The molecule has 0 aromatic carbocycles. The van der Waals surface area contributed by atoms with Crippen LogP contribution in [0.3, 0.4) is 0 Å². The van der Waals surface area contributed by atoms with Crippen molar-refractivity contribution in [1.29, 1.82) is 0 Å². The van der Waals surface area contributed by atoms with Crippen molar-refractivity contribution in [3.8, 4) is 0 Å². The molecule has 0 saturated carbocycles. The van der Waals surface area contributed by atoms with E-state index < -0.39 is 28.2 Å². The highest BCUT2D eigenvalue weighted by Crippen LogP contribution is 2.28. The van der Waals surface area contributed by atoms with E-state index in [0.29, 0.717) is 11.3 Å². The van der Waals surface area contributed by atoms with E-state index in [9.17, 15) is 16.8 Å². The minimum Gasteiger partial charge on any atom is -0.225 e. The molecular weight excluding hydrogens is 258 g/mol. The maximum absolute atomic E-state index is 10.8. The number of halogens is 1. The zero-order valence-electron chi connectivity index (χ0n) is 5.97. The molecular formula is C4H4ClNO4S3. The van der Waals surface area contributed by atoms with Crippen LogP contribution in [0.15, 0.2) is 20.6 Å². The summed E-state index contributed by atoms with van der Waals surface area (Å²) in [6.45, 7) is 0. The van der Waals surface area contributed by atoms with Gasteiger partial charge >= 0.3 is 0 Å². The highest BCUT2D eigenvalue weighted by atomic mass is 35.7. The summed E-state index contributed by atoms with van der Waals surface area (Å²) < 4.78 is 42.8. The molecule has 0 bridgehead atoms. The van der Waals surface area contributed by atoms with E-state index in [1.807, 2.05) is 0 Å². The Balaban J connectivity index is 3.54. The van der Waals surface area contributed by atoms with Crippen molar-refractivity contribution in [2.24, 2.45) is 5.14 Å². The number of hydrogen-bond acceptors (Lipinski definition) is 5. The van der Waals surface area contributed by atoms with E-state index in [4.69, 9.17) is 15.8 Å². The average molecular weight is 262 g/mol. The van der Waals surface area contributed by atoms with Crippen LogP contribution in [0.5, 0.6) is 0 Å². The number of nitrogens with two attached hydrogens (primary N) is 1. The summed E-state index contributed by atoms with van der Waals surface area (Å²) in [5.41, 5.74) is 0. The Hall–Kier alpha value is -0.150. The van der Waals surface area contributed by atoms with Crippen LogP contribution < -0.4 is 5.14 Å². The molecule has 0 spiro atoms. The van der Waals surface area contributed by atoms with Gasteiger partial charge in [0.1, 0.15) is 4.90 Å². The van der Waals surface area contributed by atoms with Crippen LogP contribution in [0.2, 0.25) is 0 Å². The molecule has 2 N–H and O–H groups in total. The van der Waals surface area contributed by atoms with Crippen LogP contribution in [-0.4, -0.2) is 16.8 Å². The summed E-state index contributed by atoms with van der Waals surface area (Å²) >= 11 is 0.704. The molecule has 0 amide bonds. The van der Waals surface area contributed by atoms with E-state index in [1.165, 1.54) is 5.38 Å². The van der Waals surface area contributed by atoms with Crippen LogP contribution in [0, 0.1) is 0 Å². The number of sulfonamides is 1. The molecule has 1 rings (SSSR count). The van der Waals surface area contributed by atoms with Gasteiger partial charge in [0.2, 0.25) is 10.0 Å². The first-order chi connectivity index (χ1) is 5.73. The van der Waals surface area contributed by atoms with Gasteiger partial charge in [-0.1, -0.05) is 0 Å². The monoisotopic (exact) mass is 261 g/mol. The molecule has 0 atom stereocenters. The lowest BCUT2D eigenvalue weighted by atomic mass is 10.7. The summed E-state index contributed by atoms with van der Waals surface area (Å²) in [7, 11) is -3.09. The highest BCUT2D eigenvalue weighted by Gasteiger charge is 2.23. The third kappa shape index (κ3) is 2.41. The van der Waals surface area contributed by atoms with Gasteiger partial charge in [0, 0.05) is 10.7 Å². The lowest BCUT2D eigenvalue weighted by Gasteiger charge is -1.95. The Morgan fingerprint density at radius 3 is 2.15 bits per heavy atom. The third-order valence-corrected chi connectivity index (χ3v) is 5.39. The number of hydrogen-bond donors (Lipinski definition) is 1. The van der Waals surface area contributed by atoms with Gasteiger partial charge in [-0.25, -0.2) is 22.0 Å². The molecule has 0 aliphatic rings. The van der Waals surface area contributed by atoms with Crippen molar-refractivity contribution in [3.05, 3.63) is 11.4 Å². The lowest BCUT2D eigenvalue weighted by Crippen LogP contribution is -2.13. The lowest BCUT2D eigenvalue weighted by molar-refractivity contribution is 0.591. The van der Waals surface area contributed by atoms with Crippen LogP contribution in [-0.2, 0) is 19.1 Å². The van der Waals surface area contributed by atoms with Crippen molar-refractivity contribution in [2.75, 3.05) is 0 Å². The van der Waals surface area contributed by atoms with Crippen LogP contribution in [0.25, 0.3) is 0 Å². The van der Waals surface area contributed by atoms with E-state index in [0.717, 1.165) is 6.07 Å². The van der Waals surface area contributed by atoms with Crippen molar-refractivity contribution < 1.29 is 16.8 Å². The molecule has 0 fully saturated rings. The second kappa shape index (κ2) is 3.21. The second-order valence-electron chi connectivity index (χ2n) is 2.06. The Bertz CT molecular complexity index is 467. The molecule has 13 heavy (non-hydrogen) atoms. The molecule has 0 saturated heterocycles. The van der Waals surface area contributed by atoms with E-state index >= 15 is 0 Å². The van der Waals surface area contributed by atoms with Gasteiger partial charge in [-0.2, -0.15) is 0 Å². The molecule has 0 aliphatic heterocycles. The number of primary sulfonamides is 1. The minimum absolute atomic E-state index is 0.448. The van der Waals surface area contributed by atoms with E-state index in [1.54, 1.807) is 0 Å². The van der Waals surface area contributed by atoms with Gasteiger partial charge < -0.3 is 0 Å². The SMILES string of the molecule is NS(=O)(=O)c1ccsc1S(=O)(=O)Cl. The van der Waals surface area contributed by atoms with Gasteiger partial charge in [0.05, 0.1) is 0 Å². The maximum Gasteiger partial charge on any atom is 0.272 e. The molecule has 5 nitrogen and oxygen atoms in total. The predicted octanol–water partition coefficient (Wildman–Crippen LogP) is 0.323. The summed E-state index contributed by atoms with van der Waals surface area (Å²) in [5, 5.41) is 6.04. The summed E-state index contributed by atoms with van der Waals surface area (Å²) in [6.07, 6.45) is 0. The Kier molecular flexibility index (Phi) is 2.70. The zero-order valence-corrected chi connectivity index (χ0v) is 9.17. The Labute approximate surface area is 83.6 Å². The van der Waals surface area contributed by atoms with Gasteiger partial charge in [-0.15, -0.1) is 11.3 Å². The minimum atomic E-state index is -4.04. The molecule has 9 heteroatoms. The number of rotatable bonds is 2. The normalized spacial score (nSPS) is 13.1. The van der Waals surface area contributed by atoms with Crippen LogP contribution in [0.4, 0.5) is 0 Å². The smallest absolute Gasteiger partial charge is 0.225 e. The standard InChI is InChI=1S/C4H4ClNO4S3/c5-12(7,8)4-3(1-2-11-4)13(6,9)10/h1-2H,(H2,6,9,10). The Morgan fingerprint density at radius 2 is 1.85 bits per heavy atom. The summed E-state index contributed by atoms with van der Waals surface area (Å²) in [4.78, 5) is -0.465. The topological polar surface area (TPSA) is 94.3 Å². The van der Waals surface area contributed by atoms with Crippen LogP contribution >= 0.6 is 22.0 Å². The van der Waals surface area contributed by atoms with Gasteiger partial charge in [0.25, 0.3) is 9.05 Å². The van der Waals surface area contributed by atoms with E-state index in [2.05, 4.69) is 0 Å². The van der Waals surface area contributed by atoms with Crippen molar-refractivity contribution in [1.82, 2.24) is 0 Å². The molecule has 0 aliphatic carbocycles. The molecule has 0 unspecified atom stereocenters. The van der Waals surface area contributed by atoms with Crippen molar-refractivity contribution >= 4 is 41.1 Å². The molecule has 74 valence electrons. The van der Waals surface area contributed by atoms with Gasteiger partial charge in [0.15, 0.2) is 4.21 Å². The van der Waals surface area contributed by atoms with Crippen molar-refractivity contribution in [3.63, 3.8) is 0 Å². The summed E-state index contributed by atoms with van der Waals surface area (Å²) in [5.74, 6) is 0. The van der Waals surface area contributed by atoms with Crippen molar-refractivity contribution in [2.45, 2.75) is 9.10 Å². The molecule has 1 aromatic heterocycles. The molecule has 1 heterocycles. The molecule has 1 aromatic rings. The fraction of sp³-hybridized carbons (Fsp3) is 0. The maximum atomic E-state index is 10.8. The average Bonchev–Trinajstić information content (AvgIpc) is 2.27. The molecule has 0 radical (unpaired) electrons. The van der Waals surface area contributed by atoms with E-state index in [-0.39, 0.29) is 0 Å². The first kappa shape index (κ1) is 10.9.